The Balaban J connectivity index is 2.55. The molecule has 7 heteroatoms. The van der Waals surface area contributed by atoms with Crippen LogP contribution in [0.2, 0.25) is 0 Å². The maximum atomic E-state index is 11.4. The molecule has 1 N–H and O–H groups in total. The molecule has 1 aromatic carbocycles. The number of ether oxygens (including phenoxy) is 1. The van der Waals surface area contributed by atoms with Crippen LogP contribution in [0.25, 0.3) is 0 Å². The molecule has 0 aliphatic rings. The van der Waals surface area contributed by atoms with Crippen molar-refractivity contribution in [2.45, 2.75) is 6.42 Å². The zero-order valence-corrected chi connectivity index (χ0v) is 11.5. The normalized spacial score (nSPS) is 9.50. The molecule has 0 saturated heterocycles. The fraction of sp³-hybridized carbons (Fsp3) is 0.385. The van der Waals surface area contributed by atoms with E-state index < -0.39 is 0 Å². The Morgan fingerprint density at radius 3 is 2.55 bits per heavy atom. The second-order valence-corrected chi connectivity index (χ2v) is 4.15. The van der Waals surface area contributed by atoms with Crippen LogP contribution in [0.3, 0.4) is 0 Å². The number of carbonyl (C=O) groups is 2. The summed E-state index contributed by atoms with van der Waals surface area (Å²) in [7, 11) is 3.19. The Bertz CT molecular complexity index is 521. The van der Waals surface area contributed by atoms with E-state index in [1.54, 1.807) is 24.3 Å². The van der Waals surface area contributed by atoms with Crippen LogP contribution in [-0.2, 0) is 9.53 Å². The van der Waals surface area contributed by atoms with Crippen molar-refractivity contribution in [3.8, 4) is 0 Å². The third kappa shape index (κ3) is 4.62. The predicted molar refractivity (Wildman–Crippen MR) is 72.8 cm³/mol. The average molecular weight is 277 g/mol. The van der Waals surface area contributed by atoms with Crippen molar-refractivity contribution in [1.29, 1.82) is 5.53 Å². The van der Waals surface area contributed by atoms with Gasteiger partial charge in [-0.15, -0.1) is 0 Å². The number of nitrogens with zero attached hydrogens (tertiary/aromatic N) is 3. The van der Waals surface area contributed by atoms with Crippen LogP contribution < -0.4 is 9.81 Å². The molecule has 0 heterocycles. The maximum Gasteiger partial charge on any atom is 0.337 e. The molecule has 1 aromatic rings. The Labute approximate surface area is 116 Å². The number of nitrogens with one attached hydrogen (secondary N) is 1. The first-order valence-electron chi connectivity index (χ1n) is 6.03. The van der Waals surface area contributed by atoms with Gasteiger partial charge in [0.05, 0.1) is 12.7 Å². The van der Waals surface area contributed by atoms with E-state index in [4.69, 9.17) is 5.53 Å². The third-order valence-corrected chi connectivity index (χ3v) is 2.77. The molecule has 106 valence electrons. The number of hydrogen-bond acceptors (Lipinski definition) is 6. The minimum Gasteiger partial charge on any atom is -0.465 e. The molecule has 0 spiro atoms. The Kier molecular flexibility index (Phi) is 6.06. The predicted octanol–water partition coefficient (Wildman–Crippen LogP) is 1.42. The topological polar surface area (TPSA) is 96.9 Å². The quantitative estimate of drug-likeness (QED) is 0.463. The lowest BCUT2D eigenvalue weighted by Gasteiger charge is -2.18. The van der Waals surface area contributed by atoms with Crippen LogP contribution in [0.5, 0.6) is 0 Å². The van der Waals surface area contributed by atoms with Crippen molar-refractivity contribution in [2.24, 2.45) is 5.11 Å². The van der Waals surface area contributed by atoms with E-state index in [1.165, 1.54) is 7.11 Å². The number of ketones is 1. The summed E-state index contributed by atoms with van der Waals surface area (Å²) in [4.78, 5) is 27.4. The van der Waals surface area contributed by atoms with Gasteiger partial charge in [-0.25, -0.2) is 4.79 Å². The lowest BCUT2D eigenvalue weighted by atomic mass is 10.2. The number of Topliss-reactive ketones (excluding diaryl/α,β-unsaturated/α-hetero) is 1. The molecule has 0 fully saturated rings. The van der Waals surface area contributed by atoms with Gasteiger partial charge in [-0.05, 0) is 24.3 Å². The van der Waals surface area contributed by atoms with Gasteiger partial charge in [0.25, 0.3) is 0 Å². The number of methoxy groups -OCH3 is 1. The highest BCUT2D eigenvalue weighted by molar-refractivity contribution is 5.89. The Hall–Kier alpha value is -2.53. The molecule has 0 aromatic heterocycles. The van der Waals surface area contributed by atoms with Crippen LogP contribution in [-0.4, -0.2) is 39.0 Å². The molecule has 0 unspecified atom stereocenters. The van der Waals surface area contributed by atoms with Crippen molar-refractivity contribution in [1.82, 2.24) is 4.91 Å². The number of hydrogen-bond donors (Lipinski definition) is 1. The summed E-state index contributed by atoms with van der Waals surface area (Å²) in [5.74, 6) is -0.450. The van der Waals surface area contributed by atoms with Crippen molar-refractivity contribution < 1.29 is 14.3 Å². The van der Waals surface area contributed by atoms with Gasteiger partial charge in [0, 0.05) is 25.7 Å². The van der Waals surface area contributed by atoms with E-state index in [-0.39, 0.29) is 18.3 Å². The molecule has 0 radical (unpaired) electrons. The first-order chi connectivity index (χ1) is 9.58. The number of rotatable bonds is 7. The van der Waals surface area contributed by atoms with Crippen molar-refractivity contribution in [3.05, 3.63) is 29.8 Å². The van der Waals surface area contributed by atoms with E-state index in [2.05, 4.69) is 14.8 Å². The number of benzene rings is 1. The minimum absolute atomic E-state index is 0.0569. The van der Waals surface area contributed by atoms with Gasteiger partial charge < -0.3 is 9.64 Å². The summed E-state index contributed by atoms with van der Waals surface area (Å²) in [6, 6.07) is 6.93. The van der Waals surface area contributed by atoms with Crippen molar-refractivity contribution in [3.63, 3.8) is 0 Å². The fourth-order valence-corrected chi connectivity index (χ4v) is 1.58. The summed E-state index contributed by atoms with van der Waals surface area (Å²) < 4.78 is 4.62. The van der Waals surface area contributed by atoms with Gasteiger partial charge in [-0.3, -0.25) is 4.79 Å². The molecule has 0 aliphatic heterocycles. The van der Waals surface area contributed by atoms with Crippen LogP contribution in [0.4, 0.5) is 5.69 Å². The highest BCUT2D eigenvalue weighted by Crippen LogP contribution is 2.14. The van der Waals surface area contributed by atoms with Gasteiger partial charge in [0.1, 0.15) is 10.6 Å². The zero-order valence-electron chi connectivity index (χ0n) is 11.5. The van der Waals surface area contributed by atoms with Crippen molar-refractivity contribution >= 4 is 17.4 Å². The molecule has 7 nitrogen and oxygen atoms in total. The summed E-state index contributed by atoms with van der Waals surface area (Å²) in [6.45, 7) is 0.475. The van der Waals surface area contributed by atoms with Crippen LogP contribution in [0.1, 0.15) is 16.8 Å². The van der Waals surface area contributed by atoms with E-state index >= 15 is 0 Å². The number of esters is 1. The van der Waals surface area contributed by atoms with Gasteiger partial charge in [0.2, 0.25) is 4.91 Å². The van der Waals surface area contributed by atoms with Gasteiger partial charge in [-0.1, -0.05) is 0 Å². The summed E-state index contributed by atoms with van der Waals surface area (Å²) >= 11 is 0. The Morgan fingerprint density at radius 2 is 2.00 bits per heavy atom. The lowest BCUT2D eigenvalue weighted by Crippen LogP contribution is -2.22. The Morgan fingerprint density at radius 1 is 1.35 bits per heavy atom. The second-order valence-electron chi connectivity index (χ2n) is 4.15. The fourth-order valence-electron chi connectivity index (χ4n) is 1.58. The first-order valence-corrected chi connectivity index (χ1v) is 6.03. The molecule has 0 saturated carbocycles. The third-order valence-electron chi connectivity index (χ3n) is 2.77. The standard InChI is InChI=1S/C13H17N4O3/c1-17(8-7-12(18)9-15-16-14)11-5-3-10(4-6-11)13(19)20-2/h3-6,14H,7-9H2,1-2H3/q+1. The smallest absolute Gasteiger partial charge is 0.337 e. The summed E-state index contributed by atoms with van der Waals surface area (Å²) in [5, 5.41) is 3.34. The summed E-state index contributed by atoms with van der Waals surface area (Å²) in [6.07, 6.45) is 0.328. The molecule has 0 aliphatic carbocycles. The van der Waals surface area contributed by atoms with Crippen LogP contribution >= 0.6 is 0 Å². The highest BCUT2D eigenvalue weighted by Gasteiger charge is 2.09. The van der Waals surface area contributed by atoms with E-state index in [1.807, 2.05) is 11.9 Å². The van der Waals surface area contributed by atoms with Gasteiger partial charge >= 0.3 is 5.97 Å². The number of carbonyl (C=O) groups excluding carboxylic acids is 2. The van der Waals surface area contributed by atoms with Crippen LogP contribution in [0, 0.1) is 5.53 Å². The second kappa shape index (κ2) is 7.81. The monoisotopic (exact) mass is 277 g/mol. The zero-order chi connectivity index (χ0) is 15.0. The van der Waals surface area contributed by atoms with E-state index in [9.17, 15) is 9.59 Å². The molecule has 0 atom stereocenters. The molecular formula is C13H17N4O3+. The van der Waals surface area contributed by atoms with E-state index in [0.717, 1.165) is 5.69 Å². The van der Waals surface area contributed by atoms with Gasteiger partial charge in [-0.2, -0.15) is 0 Å². The number of anilines is 1. The maximum absolute atomic E-state index is 11.4. The average Bonchev–Trinajstić information content (AvgIpc) is 2.49. The largest absolute Gasteiger partial charge is 0.465 e. The minimum atomic E-state index is -0.380. The van der Waals surface area contributed by atoms with E-state index in [0.29, 0.717) is 18.5 Å². The SMILES string of the molecule is COC(=O)c1ccc(N(C)CCC(=O)CN=[N+]=N)cc1. The first kappa shape index (κ1) is 15.5. The summed E-state index contributed by atoms with van der Waals surface area (Å²) in [5.41, 5.74) is 7.85. The molecule has 1 rings (SSSR count). The van der Waals surface area contributed by atoms with Gasteiger partial charge in [0.15, 0.2) is 12.3 Å². The van der Waals surface area contributed by atoms with Crippen LogP contribution in [0.15, 0.2) is 29.4 Å². The molecule has 20 heavy (non-hydrogen) atoms. The lowest BCUT2D eigenvalue weighted by molar-refractivity contribution is -0.117. The van der Waals surface area contributed by atoms with Crippen molar-refractivity contribution in [2.75, 3.05) is 32.1 Å². The molecular weight excluding hydrogens is 260 g/mol. The molecule has 0 bridgehead atoms. The highest BCUT2D eigenvalue weighted by atomic mass is 16.5. The molecule has 0 amide bonds.